The van der Waals surface area contributed by atoms with E-state index < -0.39 is 12.0 Å². The van der Waals surface area contributed by atoms with Crippen molar-refractivity contribution in [2.24, 2.45) is 0 Å². The van der Waals surface area contributed by atoms with Crippen molar-refractivity contribution >= 4 is 23.8 Å². The Balaban J connectivity index is 1.95. The number of aliphatic carboxylic acids is 1. The molecule has 0 aliphatic carbocycles. The van der Waals surface area contributed by atoms with E-state index in [2.05, 4.69) is 5.32 Å². The summed E-state index contributed by atoms with van der Waals surface area (Å²) in [6, 6.07) is -1.02. The van der Waals surface area contributed by atoms with Crippen LogP contribution in [0, 0.1) is 0 Å². The molecule has 114 valence electrons. The van der Waals surface area contributed by atoms with E-state index in [9.17, 15) is 14.7 Å². The van der Waals surface area contributed by atoms with Crippen LogP contribution in [0.1, 0.15) is 32.1 Å². The molecule has 3 atom stereocenters. The molecule has 0 spiro atoms. The maximum Gasteiger partial charge on any atom is 0.326 e. The molecule has 3 N–H and O–H groups in total. The van der Waals surface area contributed by atoms with Crippen molar-refractivity contribution < 1.29 is 19.8 Å². The molecule has 2 rings (SSSR count). The topological polar surface area (TPSA) is 89.9 Å². The number of thioether (sulfide) groups is 1. The second kappa shape index (κ2) is 6.67. The lowest BCUT2D eigenvalue weighted by atomic mass is 10.0. The minimum Gasteiger partial charge on any atom is -0.480 e. The highest BCUT2D eigenvalue weighted by atomic mass is 32.2. The number of hydrogen-bond acceptors (Lipinski definition) is 4. The minimum absolute atomic E-state index is 0.0544. The molecule has 2 aliphatic rings. The van der Waals surface area contributed by atoms with Gasteiger partial charge in [-0.25, -0.2) is 9.59 Å². The maximum atomic E-state index is 12.3. The van der Waals surface area contributed by atoms with Crippen LogP contribution in [0.4, 0.5) is 4.79 Å². The van der Waals surface area contributed by atoms with Crippen LogP contribution in [-0.4, -0.2) is 63.4 Å². The van der Waals surface area contributed by atoms with Gasteiger partial charge in [0, 0.05) is 12.1 Å². The Kier molecular flexibility index (Phi) is 5.15. The van der Waals surface area contributed by atoms with E-state index >= 15 is 0 Å². The average molecular weight is 302 g/mol. The number of amides is 2. The Morgan fingerprint density at radius 3 is 2.45 bits per heavy atom. The fourth-order valence-corrected chi connectivity index (χ4v) is 3.67. The summed E-state index contributed by atoms with van der Waals surface area (Å²) in [5.74, 6) is -0.292. The number of aliphatic hydroxyl groups is 1. The normalized spacial score (nSPS) is 30.1. The van der Waals surface area contributed by atoms with Gasteiger partial charge in [-0.05, 0) is 44.1 Å². The Morgan fingerprint density at radius 1 is 1.35 bits per heavy atom. The van der Waals surface area contributed by atoms with Crippen molar-refractivity contribution in [1.29, 1.82) is 0 Å². The van der Waals surface area contributed by atoms with Gasteiger partial charge in [0.1, 0.15) is 6.04 Å². The second-order valence-electron chi connectivity index (χ2n) is 5.54. The first-order chi connectivity index (χ1) is 9.52. The Bertz CT molecular complexity index is 365. The summed E-state index contributed by atoms with van der Waals surface area (Å²) in [4.78, 5) is 25.2. The molecule has 0 aromatic rings. The molecule has 2 aliphatic heterocycles. The summed E-state index contributed by atoms with van der Waals surface area (Å²) < 4.78 is 0. The molecular weight excluding hydrogens is 280 g/mol. The average Bonchev–Trinajstić information content (AvgIpc) is 2.66. The number of carboxylic acids is 1. The van der Waals surface area contributed by atoms with E-state index in [0.29, 0.717) is 25.0 Å². The van der Waals surface area contributed by atoms with Crippen LogP contribution in [-0.2, 0) is 4.79 Å². The quantitative estimate of drug-likeness (QED) is 0.702. The van der Waals surface area contributed by atoms with Crippen LogP contribution < -0.4 is 5.32 Å². The predicted octanol–water partition coefficient (Wildman–Crippen LogP) is 0.890. The van der Waals surface area contributed by atoms with Crippen LogP contribution in [0.5, 0.6) is 0 Å². The zero-order valence-corrected chi connectivity index (χ0v) is 12.4. The maximum absolute atomic E-state index is 12.3. The number of nitrogens with zero attached hydrogens (tertiary/aromatic N) is 1. The minimum atomic E-state index is -0.989. The number of piperidine rings is 1. The van der Waals surface area contributed by atoms with Gasteiger partial charge in [-0.3, -0.25) is 0 Å². The van der Waals surface area contributed by atoms with Crippen molar-refractivity contribution in [3.8, 4) is 0 Å². The Labute approximate surface area is 122 Å². The number of carboxylic acid groups (broad SMARTS) is 1. The molecule has 20 heavy (non-hydrogen) atoms. The molecule has 0 radical (unpaired) electrons. The summed E-state index contributed by atoms with van der Waals surface area (Å²) in [6.07, 6.45) is 5.01. The molecule has 0 aromatic heterocycles. The third-order valence-corrected chi connectivity index (χ3v) is 4.79. The van der Waals surface area contributed by atoms with Crippen LogP contribution in [0.3, 0.4) is 0 Å². The molecule has 6 nitrogen and oxygen atoms in total. The SMILES string of the molecule is CSCC[C@H](NC(=O)N1C2CCC1CC(O)C2)C(=O)O. The third kappa shape index (κ3) is 3.38. The van der Waals surface area contributed by atoms with Crippen molar-refractivity contribution in [3.05, 3.63) is 0 Å². The van der Waals surface area contributed by atoms with Gasteiger partial charge in [-0.2, -0.15) is 11.8 Å². The highest BCUT2D eigenvalue weighted by molar-refractivity contribution is 7.98. The Hall–Kier alpha value is -0.950. The van der Waals surface area contributed by atoms with E-state index in [1.54, 1.807) is 16.7 Å². The smallest absolute Gasteiger partial charge is 0.326 e. The zero-order chi connectivity index (χ0) is 14.7. The van der Waals surface area contributed by atoms with Crippen LogP contribution in [0.15, 0.2) is 0 Å². The summed E-state index contributed by atoms with van der Waals surface area (Å²) in [5.41, 5.74) is 0. The molecule has 2 heterocycles. The van der Waals surface area contributed by atoms with E-state index in [-0.39, 0.29) is 24.2 Å². The first-order valence-corrected chi connectivity index (χ1v) is 8.41. The molecule has 2 fully saturated rings. The lowest BCUT2D eigenvalue weighted by molar-refractivity contribution is -0.139. The number of rotatable bonds is 5. The first-order valence-electron chi connectivity index (χ1n) is 7.01. The largest absolute Gasteiger partial charge is 0.480 e. The van der Waals surface area contributed by atoms with Gasteiger partial charge in [-0.15, -0.1) is 0 Å². The lowest BCUT2D eigenvalue weighted by Crippen LogP contribution is -2.55. The summed E-state index contributed by atoms with van der Waals surface area (Å²) in [6.45, 7) is 0. The summed E-state index contributed by atoms with van der Waals surface area (Å²) in [5, 5.41) is 21.5. The molecule has 2 bridgehead atoms. The van der Waals surface area contributed by atoms with E-state index in [4.69, 9.17) is 5.11 Å². The number of carbonyl (C=O) groups is 2. The fraction of sp³-hybridized carbons (Fsp3) is 0.846. The van der Waals surface area contributed by atoms with Crippen LogP contribution in [0.2, 0.25) is 0 Å². The van der Waals surface area contributed by atoms with E-state index in [1.165, 1.54) is 0 Å². The van der Waals surface area contributed by atoms with Gasteiger partial charge in [0.05, 0.1) is 6.10 Å². The number of carbonyl (C=O) groups excluding carboxylic acids is 1. The summed E-state index contributed by atoms with van der Waals surface area (Å²) >= 11 is 1.56. The summed E-state index contributed by atoms with van der Waals surface area (Å²) in [7, 11) is 0. The lowest BCUT2D eigenvalue weighted by Gasteiger charge is -2.37. The number of hydrogen-bond donors (Lipinski definition) is 3. The highest BCUT2D eigenvalue weighted by Gasteiger charge is 2.43. The number of urea groups is 1. The monoisotopic (exact) mass is 302 g/mol. The van der Waals surface area contributed by atoms with Crippen molar-refractivity contribution in [2.75, 3.05) is 12.0 Å². The first kappa shape index (κ1) is 15.4. The van der Waals surface area contributed by atoms with Gasteiger partial charge < -0.3 is 20.4 Å². The molecule has 2 saturated heterocycles. The molecule has 2 amide bonds. The molecule has 2 unspecified atom stereocenters. The Morgan fingerprint density at radius 2 is 1.95 bits per heavy atom. The highest BCUT2D eigenvalue weighted by Crippen LogP contribution is 2.35. The predicted molar refractivity (Wildman–Crippen MR) is 76.8 cm³/mol. The van der Waals surface area contributed by atoms with Gasteiger partial charge >= 0.3 is 12.0 Å². The van der Waals surface area contributed by atoms with Gasteiger partial charge in [-0.1, -0.05) is 0 Å². The van der Waals surface area contributed by atoms with Crippen molar-refractivity contribution in [1.82, 2.24) is 10.2 Å². The van der Waals surface area contributed by atoms with Crippen LogP contribution >= 0.6 is 11.8 Å². The van der Waals surface area contributed by atoms with Crippen molar-refractivity contribution in [2.45, 2.75) is 56.3 Å². The number of fused-ring (bicyclic) bond motifs is 2. The zero-order valence-electron chi connectivity index (χ0n) is 11.6. The molecule has 0 aromatic carbocycles. The number of nitrogens with one attached hydrogen (secondary N) is 1. The molecular formula is C13H22N2O4S. The van der Waals surface area contributed by atoms with Gasteiger partial charge in [0.2, 0.25) is 0 Å². The molecule has 0 saturated carbocycles. The standard InChI is InChI=1S/C13H22N2O4S/c1-20-5-4-11(12(17)18)14-13(19)15-8-2-3-9(15)7-10(16)6-8/h8-11,16H,2-7H2,1H3,(H,14,19)(H,17,18)/t8?,9?,10?,11-/m0/s1. The van der Waals surface area contributed by atoms with Crippen LogP contribution in [0.25, 0.3) is 0 Å². The molecule has 7 heteroatoms. The van der Waals surface area contributed by atoms with Gasteiger partial charge in [0.15, 0.2) is 0 Å². The number of aliphatic hydroxyl groups excluding tert-OH is 1. The third-order valence-electron chi connectivity index (χ3n) is 4.15. The van der Waals surface area contributed by atoms with E-state index in [1.807, 2.05) is 6.26 Å². The van der Waals surface area contributed by atoms with E-state index in [0.717, 1.165) is 12.8 Å². The second-order valence-corrected chi connectivity index (χ2v) is 6.52. The fourth-order valence-electron chi connectivity index (χ4n) is 3.20. The van der Waals surface area contributed by atoms with Gasteiger partial charge in [0.25, 0.3) is 0 Å². The van der Waals surface area contributed by atoms with Crippen molar-refractivity contribution in [3.63, 3.8) is 0 Å².